The van der Waals surface area contributed by atoms with Crippen LogP contribution in [0.3, 0.4) is 0 Å². The number of hydrogen-bond acceptors (Lipinski definition) is 5. The Balaban J connectivity index is 1.93. The summed E-state index contributed by atoms with van der Waals surface area (Å²) >= 11 is 0. The first-order valence-corrected chi connectivity index (χ1v) is 10.4. The third-order valence-corrected chi connectivity index (χ3v) is 5.47. The van der Waals surface area contributed by atoms with Crippen molar-refractivity contribution in [2.24, 2.45) is 0 Å². The first-order valence-electron chi connectivity index (χ1n) is 10.4. The molecule has 1 fully saturated rings. The molecule has 2 heterocycles. The van der Waals surface area contributed by atoms with E-state index in [9.17, 15) is 14.7 Å². The van der Waals surface area contributed by atoms with Crippen molar-refractivity contribution >= 4 is 23.1 Å². The fourth-order valence-electron chi connectivity index (χ4n) is 4.07. The van der Waals surface area contributed by atoms with Crippen LogP contribution in [0, 0.1) is 13.8 Å². The summed E-state index contributed by atoms with van der Waals surface area (Å²) in [4.78, 5) is 32.1. The molecule has 1 amide bonds. The zero-order valence-corrected chi connectivity index (χ0v) is 18.2. The highest BCUT2D eigenvalue weighted by Crippen LogP contribution is 2.43. The van der Waals surface area contributed by atoms with Gasteiger partial charge in [-0.15, -0.1) is 0 Å². The number of ether oxygens (including phenoxy) is 1. The maximum Gasteiger partial charge on any atom is 0.300 e. The number of carbonyl (C=O) groups excluding carboxylic acids is 2. The van der Waals surface area contributed by atoms with Gasteiger partial charge in [0.2, 0.25) is 0 Å². The SMILES string of the molecule is CCOc1cccc(/C(O)=C2\C(=O)C(=O)N(c3ccc(C)cc3C)C2c2cccnc2)c1. The Labute approximate surface area is 186 Å². The average molecular weight is 428 g/mol. The van der Waals surface area contributed by atoms with Crippen molar-refractivity contribution in [1.29, 1.82) is 0 Å². The van der Waals surface area contributed by atoms with Gasteiger partial charge in [-0.3, -0.25) is 19.5 Å². The Kier molecular flexibility index (Phi) is 5.77. The van der Waals surface area contributed by atoms with Crippen molar-refractivity contribution in [3.63, 3.8) is 0 Å². The van der Waals surface area contributed by atoms with Crippen LogP contribution in [-0.2, 0) is 9.59 Å². The minimum Gasteiger partial charge on any atom is -0.507 e. The quantitative estimate of drug-likeness (QED) is 0.361. The number of aromatic nitrogens is 1. The summed E-state index contributed by atoms with van der Waals surface area (Å²) in [5.74, 6) is -1.10. The molecule has 1 unspecified atom stereocenters. The third-order valence-electron chi connectivity index (χ3n) is 5.47. The van der Waals surface area contributed by atoms with Crippen LogP contribution in [0.2, 0.25) is 0 Å². The molecule has 1 aromatic heterocycles. The van der Waals surface area contributed by atoms with Crippen LogP contribution in [0.15, 0.2) is 72.6 Å². The minimum absolute atomic E-state index is 0.0247. The van der Waals surface area contributed by atoms with Gasteiger partial charge in [-0.25, -0.2) is 0 Å². The number of Topliss-reactive ketones (excluding diaryl/α,β-unsaturated/α-hetero) is 1. The number of carbonyl (C=O) groups is 2. The predicted molar refractivity (Wildman–Crippen MR) is 123 cm³/mol. The molecule has 1 atom stereocenters. The number of nitrogens with zero attached hydrogens (tertiary/aromatic N) is 2. The number of benzene rings is 2. The van der Waals surface area contributed by atoms with E-state index in [4.69, 9.17) is 4.74 Å². The molecule has 1 aliphatic rings. The molecule has 6 heteroatoms. The molecule has 4 rings (SSSR count). The molecule has 0 spiro atoms. The van der Waals surface area contributed by atoms with Crippen molar-refractivity contribution in [2.45, 2.75) is 26.8 Å². The number of aryl methyl sites for hydroxylation is 2. The summed E-state index contributed by atoms with van der Waals surface area (Å²) in [5.41, 5.74) is 3.59. The lowest BCUT2D eigenvalue weighted by molar-refractivity contribution is -0.132. The maximum atomic E-state index is 13.2. The van der Waals surface area contributed by atoms with Crippen LogP contribution in [0.1, 0.15) is 35.2 Å². The molecule has 162 valence electrons. The molecule has 0 saturated carbocycles. The highest BCUT2D eigenvalue weighted by Gasteiger charge is 2.47. The fourth-order valence-corrected chi connectivity index (χ4v) is 4.07. The van der Waals surface area contributed by atoms with Crippen molar-refractivity contribution in [3.05, 3.63) is 94.8 Å². The van der Waals surface area contributed by atoms with Crippen LogP contribution < -0.4 is 9.64 Å². The molecule has 0 aliphatic carbocycles. The highest BCUT2D eigenvalue weighted by molar-refractivity contribution is 6.51. The van der Waals surface area contributed by atoms with Gasteiger partial charge >= 0.3 is 0 Å². The number of ketones is 1. The van der Waals surface area contributed by atoms with Gasteiger partial charge in [-0.1, -0.05) is 35.9 Å². The van der Waals surface area contributed by atoms with Gasteiger partial charge in [-0.05, 0) is 56.2 Å². The van der Waals surface area contributed by atoms with Gasteiger partial charge in [0.25, 0.3) is 11.7 Å². The zero-order valence-electron chi connectivity index (χ0n) is 18.2. The molecule has 32 heavy (non-hydrogen) atoms. The van der Waals surface area contributed by atoms with Gasteiger partial charge in [-0.2, -0.15) is 0 Å². The molecule has 1 aliphatic heterocycles. The average Bonchev–Trinajstić information content (AvgIpc) is 3.05. The minimum atomic E-state index is -0.805. The van der Waals surface area contributed by atoms with Crippen molar-refractivity contribution < 1.29 is 19.4 Å². The largest absolute Gasteiger partial charge is 0.507 e. The van der Waals surface area contributed by atoms with Gasteiger partial charge in [0, 0.05) is 23.6 Å². The lowest BCUT2D eigenvalue weighted by Crippen LogP contribution is -2.30. The van der Waals surface area contributed by atoms with Crippen LogP contribution >= 0.6 is 0 Å². The summed E-state index contributed by atoms with van der Waals surface area (Å²) in [6, 6.07) is 15.3. The topological polar surface area (TPSA) is 79.7 Å². The lowest BCUT2D eigenvalue weighted by atomic mass is 9.95. The normalized spacial score (nSPS) is 17.6. The van der Waals surface area contributed by atoms with E-state index in [-0.39, 0.29) is 11.3 Å². The van der Waals surface area contributed by atoms with Crippen molar-refractivity contribution in [3.8, 4) is 5.75 Å². The number of rotatable bonds is 5. The molecule has 1 N–H and O–H groups in total. The monoisotopic (exact) mass is 428 g/mol. The van der Waals surface area contributed by atoms with E-state index in [1.807, 2.05) is 39.0 Å². The van der Waals surface area contributed by atoms with Gasteiger partial charge < -0.3 is 9.84 Å². The molecular weight excluding hydrogens is 404 g/mol. The Morgan fingerprint density at radius 3 is 2.59 bits per heavy atom. The molecule has 1 saturated heterocycles. The van der Waals surface area contributed by atoms with E-state index in [2.05, 4.69) is 4.98 Å². The van der Waals surface area contributed by atoms with Gasteiger partial charge in [0.1, 0.15) is 11.5 Å². The number of pyridine rings is 1. The first kappa shape index (κ1) is 21.3. The molecule has 0 radical (unpaired) electrons. The second kappa shape index (κ2) is 8.67. The summed E-state index contributed by atoms with van der Waals surface area (Å²) in [7, 11) is 0. The summed E-state index contributed by atoms with van der Waals surface area (Å²) < 4.78 is 5.53. The van der Waals surface area contributed by atoms with E-state index in [1.165, 1.54) is 4.90 Å². The summed E-state index contributed by atoms with van der Waals surface area (Å²) in [5, 5.41) is 11.2. The maximum absolute atomic E-state index is 13.2. The first-order chi connectivity index (χ1) is 15.4. The van der Waals surface area contributed by atoms with E-state index in [1.54, 1.807) is 48.8 Å². The number of aliphatic hydroxyl groups excluding tert-OH is 1. The smallest absolute Gasteiger partial charge is 0.300 e. The Bertz CT molecular complexity index is 1220. The summed E-state index contributed by atoms with van der Waals surface area (Å²) in [6.45, 7) is 6.20. The van der Waals surface area contributed by atoms with Crippen molar-refractivity contribution in [2.75, 3.05) is 11.5 Å². The molecule has 2 aromatic carbocycles. The van der Waals surface area contributed by atoms with E-state index in [0.29, 0.717) is 29.2 Å². The third kappa shape index (κ3) is 3.75. The number of anilines is 1. The summed E-state index contributed by atoms with van der Waals surface area (Å²) in [6.07, 6.45) is 3.23. The molecule has 0 bridgehead atoms. The molecule has 6 nitrogen and oxygen atoms in total. The van der Waals surface area contributed by atoms with Gasteiger partial charge in [0.05, 0.1) is 18.2 Å². The molecule has 3 aromatic rings. The second-order valence-electron chi connectivity index (χ2n) is 7.71. The number of aliphatic hydroxyl groups is 1. The number of amides is 1. The van der Waals surface area contributed by atoms with Gasteiger partial charge in [0.15, 0.2) is 0 Å². The Morgan fingerprint density at radius 1 is 1.09 bits per heavy atom. The van der Waals surface area contributed by atoms with Crippen LogP contribution in [0.5, 0.6) is 5.75 Å². The highest BCUT2D eigenvalue weighted by atomic mass is 16.5. The Hall–Kier alpha value is -3.93. The lowest BCUT2D eigenvalue weighted by Gasteiger charge is -2.26. The fraction of sp³-hybridized carbons (Fsp3) is 0.192. The molecular formula is C26H24N2O4. The standard InChI is InChI=1S/C26H24N2O4/c1-4-32-20-9-5-7-18(14-20)24(29)22-23(19-8-6-12-27-15-19)28(26(31)25(22)30)21-11-10-16(2)13-17(21)3/h5-15,23,29H,4H2,1-3H3/b24-22+. The predicted octanol–water partition coefficient (Wildman–Crippen LogP) is 4.72. The van der Waals surface area contributed by atoms with E-state index >= 15 is 0 Å². The van der Waals surface area contributed by atoms with E-state index < -0.39 is 17.7 Å². The Morgan fingerprint density at radius 2 is 1.91 bits per heavy atom. The van der Waals surface area contributed by atoms with E-state index in [0.717, 1.165) is 11.1 Å². The second-order valence-corrected chi connectivity index (χ2v) is 7.71. The zero-order chi connectivity index (χ0) is 22.8. The van der Waals surface area contributed by atoms with Crippen LogP contribution in [0.4, 0.5) is 5.69 Å². The van der Waals surface area contributed by atoms with Crippen molar-refractivity contribution in [1.82, 2.24) is 4.98 Å². The van der Waals surface area contributed by atoms with Crippen LogP contribution in [-0.4, -0.2) is 28.4 Å². The number of hydrogen-bond donors (Lipinski definition) is 1. The van der Waals surface area contributed by atoms with Crippen LogP contribution in [0.25, 0.3) is 5.76 Å².